The SMILES string of the molecule is NCCOCCOc1ccc(NC(=O)[C@@H](N)Cc2ccc(N=C(N)N)cc2)cc1. The van der Waals surface area contributed by atoms with E-state index in [0.29, 0.717) is 49.9 Å². The van der Waals surface area contributed by atoms with Crippen molar-refractivity contribution in [3.8, 4) is 5.75 Å². The van der Waals surface area contributed by atoms with Crippen LogP contribution >= 0.6 is 0 Å². The van der Waals surface area contributed by atoms with Crippen LogP contribution in [-0.4, -0.2) is 44.3 Å². The number of ether oxygens (including phenoxy) is 2. The lowest BCUT2D eigenvalue weighted by Crippen LogP contribution is -2.37. The van der Waals surface area contributed by atoms with E-state index in [4.69, 9.17) is 32.4 Å². The van der Waals surface area contributed by atoms with Crippen LogP contribution in [0.2, 0.25) is 0 Å². The third kappa shape index (κ3) is 8.18. The van der Waals surface area contributed by atoms with E-state index in [1.165, 1.54) is 0 Å². The van der Waals surface area contributed by atoms with Gasteiger partial charge in [-0.1, -0.05) is 12.1 Å². The van der Waals surface area contributed by atoms with E-state index >= 15 is 0 Å². The Hall–Kier alpha value is -3.14. The van der Waals surface area contributed by atoms with Gasteiger partial charge in [0.15, 0.2) is 5.96 Å². The molecule has 9 heteroatoms. The zero-order chi connectivity index (χ0) is 21.1. The maximum absolute atomic E-state index is 12.3. The van der Waals surface area contributed by atoms with Crippen LogP contribution in [0.1, 0.15) is 5.56 Å². The summed E-state index contributed by atoms with van der Waals surface area (Å²) in [6, 6.07) is 13.5. The molecule has 2 aromatic rings. The third-order valence-corrected chi connectivity index (χ3v) is 3.87. The predicted octanol–water partition coefficient (Wildman–Crippen LogP) is 0.454. The number of carbonyl (C=O) groups is 1. The first-order chi connectivity index (χ1) is 14.0. The van der Waals surface area contributed by atoms with Gasteiger partial charge in [-0.15, -0.1) is 0 Å². The smallest absolute Gasteiger partial charge is 0.241 e. The molecule has 0 saturated heterocycles. The maximum atomic E-state index is 12.3. The summed E-state index contributed by atoms with van der Waals surface area (Å²) in [5.74, 6) is 0.400. The molecule has 156 valence electrons. The molecule has 9 nitrogen and oxygen atoms in total. The first-order valence-corrected chi connectivity index (χ1v) is 9.23. The molecule has 0 unspecified atom stereocenters. The van der Waals surface area contributed by atoms with Crippen molar-refractivity contribution in [3.05, 3.63) is 54.1 Å². The molecule has 0 aliphatic carbocycles. The summed E-state index contributed by atoms with van der Waals surface area (Å²) in [5, 5.41) is 2.80. The molecule has 0 aliphatic rings. The monoisotopic (exact) mass is 400 g/mol. The Balaban J connectivity index is 1.80. The molecule has 0 aliphatic heterocycles. The minimum atomic E-state index is -0.695. The number of guanidine groups is 1. The van der Waals surface area contributed by atoms with Crippen molar-refractivity contribution >= 4 is 23.2 Å². The molecule has 0 fully saturated rings. The summed E-state index contributed by atoms with van der Waals surface area (Å²) in [4.78, 5) is 16.3. The van der Waals surface area contributed by atoms with Crippen LogP contribution in [0.5, 0.6) is 5.75 Å². The van der Waals surface area contributed by atoms with Crippen molar-refractivity contribution in [1.29, 1.82) is 0 Å². The number of rotatable bonds is 11. The average molecular weight is 400 g/mol. The van der Waals surface area contributed by atoms with E-state index in [1.54, 1.807) is 36.4 Å². The zero-order valence-electron chi connectivity index (χ0n) is 16.2. The minimum Gasteiger partial charge on any atom is -0.491 e. The molecule has 0 radical (unpaired) electrons. The molecular weight excluding hydrogens is 372 g/mol. The maximum Gasteiger partial charge on any atom is 0.241 e. The normalized spacial score (nSPS) is 11.5. The standard InChI is InChI=1S/C20H28N6O3/c21-9-10-28-11-12-29-17-7-5-15(6-8-17)25-19(27)18(22)13-14-1-3-16(4-2-14)26-20(23)24/h1-8,18H,9-13,21-22H2,(H,25,27)(H4,23,24,26)/t18-/m0/s1. The largest absolute Gasteiger partial charge is 0.491 e. The van der Waals surface area contributed by atoms with E-state index in [1.807, 2.05) is 12.1 Å². The van der Waals surface area contributed by atoms with Gasteiger partial charge in [0, 0.05) is 12.2 Å². The molecule has 1 atom stereocenters. The van der Waals surface area contributed by atoms with Gasteiger partial charge in [-0.3, -0.25) is 4.79 Å². The minimum absolute atomic E-state index is 0.00910. The van der Waals surface area contributed by atoms with Crippen molar-refractivity contribution in [2.24, 2.45) is 27.9 Å². The van der Waals surface area contributed by atoms with Gasteiger partial charge < -0.3 is 37.7 Å². The fourth-order valence-corrected chi connectivity index (χ4v) is 2.48. The van der Waals surface area contributed by atoms with Crippen molar-refractivity contribution in [3.63, 3.8) is 0 Å². The van der Waals surface area contributed by atoms with Crippen molar-refractivity contribution in [1.82, 2.24) is 0 Å². The van der Waals surface area contributed by atoms with Gasteiger partial charge >= 0.3 is 0 Å². The summed E-state index contributed by atoms with van der Waals surface area (Å²) < 4.78 is 10.8. The Labute approximate surface area is 170 Å². The molecule has 0 saturated carbocycles. The molecule has 2 aromatic carbocycles. The molecule has 1 amide bonds. The topological polar surface area (TPSA) is 164 Å². The Kier molecular flexibility index (Phi) is 8.90. The summed E-state index contributed by atoms with van der Waals surface area (Å²) in [5.41, 5.74) is 24.2. The van der Waals surface area contributed by atoms with Gasteiger partial charge in [0.25, 0.3) is 0 Å². The van der Waals surface area contributed by atoms with Crippen LogP contribution in [0.4, 0.5) is 11.4 Å². The molecule has 29 heavy (non-hydrogen) atoms. The number of carbonyl (C=O) groups excluding carboxylic acids is 1. The number of nitrogens with one attached hydrogen (secondary N) is 1. The highest BCUT2D eigenvalue weighted by Crippen LogP contribution is 2.17. The number of anilines is 1. The molecule has 0 bridgehead atoms. The molecule has 0 aromatic heterocycles. The highest BCUT2D eigenvalue weighted by molar-refractivity contribution is 5.94. The van der Waals surface area contributed by atoms with Crippen molar-refractivity contribution < 1.29 is 14.3 Å². The second-order valence-electron chi connectivity index (χ2n) is 6.28. The van der Waals surface area contributed by atoms with Gasteiger partial charge in [0.2, 0.25) is 5.91 Å². The number of nitrogens with two attached hydrogens (primary N) is 4. The predicted molar refractivity (Wildman–Crippen MR) is 114 cm³/mol. The number of benzene rings is 2. The first kappa shape index (κ1) is 22.2. The summed E-state index contributed by atoms with van der Waals surface area (Å²) in [6.07, 6.45) is 0.387. The lowest BCUT2D eigenvalue weighted by Gasteiger charge is -2.13. The average Bonchev–Trinajstić information content (AvgIpc) is 2.70. The number of hydrogen-bond donors (Lipinski definition) is 5. The number of nitrogens with zero attached hydrogens (tertiary/aromatic N) is 1. The van der Waals surface area contributed by atoms with Gasteiger partial charge in [-0.05, 0) is 48.4 Å². The van der Waals surface area contributed by atoms with Crippen molar-refractivity contribution in [2.75, 3.05) is 31.7 Å². The second kappa shape index (κ2) is 11.6. The van der Waals surface area contributed by atoms with Crippen LogP contribution in [0.25, 0.3) is 0 Å². The van der Waals surface area contributed by atoms with E-state index in [2.05, 4.69) is 10.3 Å². The fourth-order valence-electron chi connectivity index (χ4n) is 2.48. The Morgan fingerprint density at radius 3 is 2.31 bits per heavy atom. The molecule has 2 rings (SSSR count). The first-order valence-electron chi connectivity index (χ1n) is 9.23. The Morgan fingerprint density at radius 1 is 1.00 bits per heavy atom. The van der Waals surface area contributed by atoms with E-state index < -0.39 is 6.04 Å². The zero-order valence-corrected chi connectivity index (χ0v) is 16.2. The van der Waals surface area contributed by atoms with Crippen LogP contribution in [0.3, 0.4) is 0 Å². The lowest BCUT2D eigenvalue weighted by atomic mass is 10.1. The van der Waals surface area contributed by atoms with E-state index in [0.717, 1.165) is 5.56 Å². The molecule has 0 heterocycles. The highest BCUT2D eigenvalue weighted by Gasteiger charge is 2.14. The van der Waals surface area contributed by atoms with Crippen LogP contribution in [0, 0.1) is 0 Å². The second-order valence-corrected chi connectivity index (χ2v) is 6.28. The van der Waals surface area contributed by atoms with Crippen LogP contribution < -0.4 is 33.0 Å². The third-order valence-electron chi connectivity index (χ3n) is 3.87. The fraction of sp³-hybridized carbons (Fsp3) is 0.300. The number of hydrogen-bond acceptors (Lipinski definition) is 6. The number of amides is 1. The van der Waals surface area contributed by atoms with Crippen molar-refractivity contribution in [2.45, 2.75) is 12.5 Å². The van der Waals surface area contributed by atoms with Gasteiger partial charge in [-0.25, -0.2) is 4.99 Å². The molecular formula is C20H28N6O3. The number of aliphatic imine (C=N–C) groups is 1. The molecule has 9 N–H and O–H groups in total. The molecule has 0 spiro atoms. The van der Waals surface area contributed by atoms with Gasteiger partial charge in [-0.2, -0.15) is 0 Å². The Bertz CT molecular complexity index is 789. The van der Waals surface area contributed by atoms with E-state index in [-0.39, 0.29) is 11.9 Å². The highest BCUT2D eigenvalue weighted by atomic mass is 16.5. The summed E-state index contributed by atoms with van der Waals surface area (Å²) in [7, 11) is 0. The summed E-state index contributed by atoms with van der Waals surface area (Å²) in [6.45, 7) is 1.89. The van der Waals surface area contributed by atoms with Gasteiger partial charge in [0.1, 0.15) is 12.4 Å². The Morgan fingerprint density at radius 2 is 1.69 bits per heavy atom. The lowest BCUT2D eigenvalue weighted by molar-refractivity contribution is -0.117. The van der Waals surface area contributed by atoms with Crippen LogP contribution in [0.15, 0.2) is 53.5 Å². The van der Waals surface area contributed by atoms with Crippen LogP contribution in [-0.2, 0) is 16.0 Å². The summed E-state index contributed by atoms with van der Waals surface area (Å²) >= 11 is 0. The quantitative estimate of drug-likeness (QED) is 0.208. The van der Waals surface area contributed by atoms with E-state index in [9.17, 15) is 4.79 Å². The van der Waals surface area contributed by atoms with Gasteiger partial charge in [0.05, 0.1) is 24.9 Å².